The maximum atomic E-state index is 12.2. The first-order valence-electron chi connectivity index (χ1n) is 7.38. The summed E-state index contributed by atoms with van der Waals surface area (Å²) in [6, 6.07) is 1.98. The highest BCUT2D eigenvalue weighted by Gasteiger charge is 2.32. The third kappa shape index (κ3) is 4.58. The molecule has 1 atom stereocenters. The zero-order valence-electron chi connectivity index (χ0n) is 13.2. The van der Waals surface area contributed by atoms with Crippen LogP contribution in [0.25, 0.3) is 0 Å². The van der Waals surface area contributed by atoms with Crippen molar-refractivity contribution in [3.05, 3.63) is 18.0 Å². The lowest BCUT2D eigenvalue weighted by Gasteiger charge is -2.28. The van der Waals surface area contributed by atoms with Crippen molar-refractivity contribution in [3.8, 4) is 0 Å². The second-order valence-electron chi connectivity index (χ2n) is 6.37. The second-order valence-corrected chi connectivity index (χ2v) is 6.37. The quantitative estimate of drug-likeness (QED) is 0.927. The van der Waals surface area contributed by atoms with E-state index in [9.17, 15) is 4.79 Å². The molecule has 116 valence electrons. The van der Waals surface area contributed by atoms with Gasteiger partial charge in [-0.15, -0.1) is 0 Å². The Labute approximate surface area is 125 Å². The molecule has 1 aliphatic rings. The van der Waals surface area contributed by atoms with Crippen molar-refractivity contribution in [1.29, 1.82) is 0 Å². The highest BCUT2D eigenvalue weighted by Crippen LogP contribution is 2.21. The lowest BCUT2D eigenvalue weighted by Crippen LogP contribution is -2.42. The molecule has 0 radical (unpaired) electrons. The lowest BCUT2D eigenvalue weighted by molar-refractivity contribution is 0.0235. The van der Waals surface area contributed by atoms with Crippen LogP contribution in [0.5, 0.6) is 0 Å². The van der Waals surface area contributed by atoms with Gasteiger partial charge in [-0.2, -0.15) is 0 Å². The van der Waals surface area contributed by atoms with Crippen LogP contribution in [-0.4, -0.2) is 45.7 Å². The number of aromatic nitrogens is 2. The minimum Gasteiger partial charge on any atom is -0.444 e. The smallest absolute Gasteiger partial charge is 0.410 e. The zero-order chi connectivity index (χ0) is 15.5. The molecular formula is C15H24N4O2. The van der Waals surface area contributed by atoms with Crippen molar-refractivity contribution < 1.29 is 9.53 Å². The van der Waals surface area contributed by atoms with Crippen LogP contribution in [0.2, 0.25) is 0 Å². The number of hydrogen-bond donors (Lipinski definition) is 1. The molecule has 1 fully saturated rings. The monoisotopic (exact) mass is 292 g/mol. The van der Waals surface area contributed by atoms with E-state index in [0.717, 1.165) is 25.1 Å². The number of likely N-dealkylation sites (tertiary alicyclic amines) is 1. The van der Waals surface area contributed by atoms with E-state index >= 15 is 0 Å². The molecule has 1 amide bonds. The Morgan fingerprint density at radius 2 is 2.29 bits per heavy atom. The molecule has 21 heavy (non-hydrogen) atoms. The Balaban J connectivity index is 1.91. The first-order valence-corrected chi connectivity index (χ1v) is 7.38. The summed E-state index contributed by atoms with van der Waals surface area (Å²) in [4.78, 5) is 22.5. The Morgan fingerprint density at radius 3 is 2.95 bits per heavy atom. The van der Waals surface area contributed by atoms with Crippen LogP contribution < -0.4 is 5.32 Å². The number of carbonyl (C=O) groups is 1. The van der Waals surface area contributed by atoms with Crippen molar-refractivity contribution in [1.82, 2.24) is 14.9 Å². The van der Waals surface area contributed by atoms with Gasteiger partial charge in [0.1, 0.15) is 5.60 Å². The summed E-state index contributed by atoms with van der Waals surface area (Å²) in [5.74, 6) is 0.603. The number of carbonyl (C=O) groups excluding carboxylic acids is 1. The number of amides is 1. The van der Waals surface area contributed by atoms with Gasteiger partial charge in [-0.3, -0.25) is 0 Å². The highest BCUT2D eigenvalue weighted by molar-refractivity contribution is 5.69. The third-order valence-electron chi connectivity index (χ3n) is 3.30. The van der Waals surface area contributed by atoms with E-state index in [4.69, 9.17) is 4.74 Å². The molecule has 2 rings (SSSR count). The van der Waals surface area contributed by atoms with E-state index in [1.807, 2.05) is 33.8 Å². The molecule has 0 unspecified atom stereocenters. The molecule has 0 bridgehead atoms. The van der Waals surface area contributed by atoms with E-state index < -0.39 is 5.60 Å². The molecule has 6 nitrogen and oxygen atoms in total. The summed E-state index contributed by atoms with van der Waals surface area (Å²) >= 11 is 0. The van der Waals surface area contributed by atoms with Gasteiger partial charge in [-0.1, -0.05) is 0 Å². The minimum atomic E-state index is -0.461. The average Bonchev–Trinajstić information content (AvgIpc) is 2.83. The molecule has 6 heteroatoms. The molecular weight excluding hydrogens is 268 g/mol. The maximum Gasteiger partial charge on any atom is 0.410 e. The average molecular weight is 292 g/mol. The minimum absolute atomic E-state index is 0.129. The molecule has 1 aromatic heterocycles. The van der Waals surface area contributed by atoms with Gasteiger partial charge in [0.15, 0.2) is 0 Å². The van der Waals surface area contributed by atoms with Crippen molar-refractivity contribution in [2.75, 3.05) is 18.4 Å². The summed E-state index contributed by atoms with van der Waals surface area (Å²) < 4.78 is 5.45. The fourth-order valence-electron chi connectivity index (χ4n) is 2.35. The number of hydrogen-bond acceptors (Lipinski definition) is 5. The van der Waals surface area contributed by atoms with E-state index in [0.29, 0.717) is 12.5 Å². The summed E-state index contributed by atoms with van der Waals surface area (Å²) in [7, 11) is 0. The van der Waals surface area contributed by atoms with Crippen molar-refractivity contribution >= 4 is 12.0 Å². The normalized spacial score (nSPS) is 18.7. The number of anilines is 1. The van der Waals surface area contributed by atoms with Crippen LogP contribution in [0.15, 0.2) is 12.3 Å². The molecule has 0 aliphatic carbocycles. The molecule has 0 saturated carbocycles. The summed E-state index contributed by atoms with van der Waals surface area (Å²) in [6.07, 6.45) is 3.46. The van der Waals surface area contributed by atoms with Gasteiger partial charge < -0.3 is 15.0 Å². The number of aryl methyl sites for hydroxylation is 1. The summed E-state index contributed by atoms with van der Waals surface area (Å²) in [6.45, 7) is 8.96. The molecule has 0 spiro atoms. The van der Waals surface area contributed by atoms with E-state index in [2.05, 4.69) is 15.3 Å². The SMILES string of the molecule is Cc1ccnc(NC[C@@H]2CCCN2C(=O)OC(C)(C)C)n1. The Morgan fingerprint density at radius 1 is 1.52 bits per heavy atom. The second kappa shape index (κ2) is 6.28. The van der Waals surface area contributed by atoms with Gasteiger partial charge in [-0.05, 0) is 46.6 Å². The highest BCUT2D eigenvalue weighted by atomic mass is 16.6. The standard InChI is InChI=1S/C15H24N4O2/c1-11-7-8-16-13(18-11)17-10-12-6-5-9-19(12)14(20)21-15(2,3)4/h7-8,12H,5-6,9-10H2,1-4H3,(H,16,17,18)/t12-/m0/s1. The Hall–Kier alpha value is -1.85. The van der Waals surface area contributed by atoms with Gasteiger partial charge in [0.25, 0.3) is 0 Å². The lowest BCUT2D eigenvalue weighted by atomic mass is 10.2. The van der Waals surface area contributed by atoms with Crippen LogP contribution in [0.3, 0.4) is 0 Å². The van der Waals surface area contributed by atoms with Gasteiger partial charge >= 0.3 is 6.09 Å². The van der Waals surface area contributed by atoms with Crippen molar-refractivity contribution in [2.45, 2.75) is 52.2 Å². The molecule has 0 aromatic carbocycles. The molecule has 1 saturated heterocycles. The number of nitrogens with one attached hydrogen (secondary N) is 1. The van der Waals surface area contributed by atoms with E-state index in [1.54, 1.807) is 11.1 Å². The molecule has 1 N–H and O–H groups in total. The predicted molar refractivity (Wildman–Crippen MR) is 81.2 cm³/mol. The van der Waals surface area contributed by atoms with Gasteiger partial charge in [-0.25, -0.2) is 14.8 Å². The van der Waals surface area contributed by atoms with Crippen LogP contribution in [0, 0.1) is 6.92 Å². The number of ether oxygens (including phenoxy) is 1. The van der Waals surface area contributed by atoms with E-state index in [-0.39, 0.29) is 12.1 Å². The Bertz CT molecular complexity index is 499. The van der Waals surface area contributed by atoms with Gasteiger partial charge in [0, 0.05) is 25.0 Å². The maximum absolute atomic E-state index is 12.2. The largest absolute Gasteiger partial charge is 0.444 e. The van der Waals surface area contributed by atoms with Gasteiger partial charge in [0.05, 0.1) is 6.04 Å². The fourth-order valence-corrected chi connectivity index (χ4v) is 2.35. The third-order valence-corrected chi connectivity index (χ3v) is 3.30. The number of rotatable bonds is 3. The molecule has 1 aliphatic heterocycles. The molecule has 1 aromatic rings. The fraction of sp³-hybridized carbons (Fsp3) is 0.667. The van der Waals surface area contributed by atoms with E-state index in [1.165, 1.54) is 0 Å². The number of nitrogens with zero attached hydrogens (tertiary/aromatic N) is 3. The van der Waals surface area contributed by atoms with Crippen LogP contribution in [0.1, 0.15) is 39.3 Å². The van der Waals surface area contributed by atoms with Crippen LogP contribution in [0.4, 0.5) is 10.7 Å². The zero-order valence-corrected chi connectivity index (χ0v) is 13.2. The summed E-state index contributed by atoms with van der Waals surface area (Å²) in [5.41, 5.74) is 0.458. The Kier molecular flexibility index (Phi) is 4.65. The first-order chi connectivity index (χ1) is 9.85. The first kappa shape index (κ1) is 15.5. The van der Waals surface area contributed by atoms with Gasteiger partial charge in [0.2, 0.25) is 5.95 Å². The topological polar surface area (TPSA) is 67.4 Å². The van der Waals surface area contributed by atoms with Crippen molar-refractivity contribution in [3.63, 3.8) is 0 Å². The molecule has 2 heterocycles. The predicted octanol–water partition coefficient (Wildman–Crippen LogP) is 2.60. The van der Waals surface area contributed by atoms with Crippen molar-refractivity contribution in [2.24, 2.45) is 0 Å². The summed E-state index contributed by atoms with van der Waals surface area (Å²) in [5, 5.41) is 3.20. The van der Waals surface area contributed by atoms with Crippen LogP contribution in [-0.2, 0) is 4.74 Å². The van der Waals surface area contributed by atoms with Crippen LogP contribution >= 0.6 is 0 Å².